The van der Waals surface area contributed by atoms with Crippen molar-refractivity contribution in [3.05, 3.63) is 64.2 Å². The van der Waals surface area contributed by atoms with Crippen LogP contribution in [0.25, 0.3) is 0 Å². The molecule has 1 N–H and O–H groups in total. The van der Waals surface area contributed by atoms with Crippen LogP contribution in [-0.4, -0.2) is 5.11 Å². The number of aryl methyl sites for hydroxylation is 2. The summed E-state index contributed by atoms with van der Waals surface area (Å²) in [6.07, 6.45) is 0.309. The molecule has 0 aliphatic carbocycles. The number of benzene rings is 2. The molecule has 0 fully saturated rings. The zero-order chi connectivity index (χ0) is 13.3. The van der Waals surface area contributed by atoms with Gasteiger partial charge in [0.1, 0.15) is 17.4 Å². The predicted molar refractivity (Wildman–Crippen MR) is 66.7 cm³/mol. The topological polar surface area (TPSA) is 20.2 Å². The van der Waals surface area contributed by atoms with Crippen LogP contribution < -0.4 is 0 Å². The highest BCUT2D eigenvalue weighted by atomic mass is 19.1. The van der Waals surface area contributed by atoms with Crippen LogP contribution in [0, 0.1) is 25.5 Å². The molecule has 0 atom stereocenters. The summed E-state index contributed by atoms with van der Waals surface area (Å²) in [5.41, 5.74) is 2.96. The lowest BCUT2D eigenvalue weighted by Crippen LogP contribution is -1.94. The minimum atomic E-state index is -0.603. The van der Waals surface area contributed by atoms with E-state index in [1.165, 1.54) is 12.1 Å². The molecule has 0 bridgehead atoms. The zero-order valence-corrected chi connectivity index (χ0v) is 10.3. The van der Waals surface area contributed by atoms with E-state index < -0.39 is 11.6 Å². The van der Waals surface area contributed by atoms with Gasteiger partial charge in [0, 0.05) is 12.5 Å². The number of hydrogen-bond donors (Lipinski definition) is 1. The Kier molecular flexibility index (Phi) is 3.32. The highest BCUT2D eigenvalue weighted by molar-refractivity contribution is 5.45. The molecule has 0 aliphatic rings. The Hall–Kier alpha value is -1.90. The minimum absolute atomic E-state index is 0.185. The fourth-order valence-corrected chi connectivity index (χ4v) is 2.12. The van der Waals surface area contributed by atoms with E-state index in [4.69, 9.17) is 0 Å². The lowest BCUT2D eigenvalue weighted by Gasteiger charge is -2.09. The molecule has 3 heteroatoms. The van der Waals surface area contributed by atoms with Gasteiger partial charge in [-0.15, -0.1) is 0 Å². The van der Waals surface area contributed by atoms with E-state index in [-0.39, 0.29) is 5.75 Å². The van der Waals surface area contributed by atoms with Crippen LogP contribution in [0.5, 0.6) is 5.75 Å². The summed E-state index contributed by atoms with van der Waals surface area (Å²) < 4.78 is 26.2. The SMILES string of the molecule is Cc1cc(C)c(O)c(Cc2cc(F)cc(F)c2)c1. The van der Waals surface area contributed by atoms with Gasteiger partial charge < -0.3 is 5.11 Å². The molecule has 2 aromatic rings. The molecule has 2 rings (SSSR count). The molecular formula is C15H14F2O. The molecule has 0 heterocycles. The van der Waals surface area contributed by atoms with E-state index in [2.05, 4.69) is 0 Å². The molecular weight excluding hydrogens is 234 g/mol. The second kappa shape index (κ2) is 4.77. The maximum absolute atomic E-state index is 13.1. The third kappa shape index (κ3) is 2.67. The van der Waals surface area contributed by atoms with Gasteiger partial charge in [-0.1, -0.05) is 17.7 Å². The number of hydrogen-bond acceptors (Lipinski definition) is 1. The fourth-order valence-electron chi connectivity index (χ4n) is 2.12. The smallest absolute Gasteiger partial charge is 0.126 e. The first-order valence-corrected chi connectivity index (χ1v) is 5.70. The summed E-state index contributed by atoms with van der Waals surface area (Å²) >= 11 is 0. The van der Waals surface area contributed by atoms with Crippen LogP contribution in [-0.2, 0) is 6.42 Å². The normalized spacial score (nSPS) is 10.7. The Balaban J connectivity index is 2.39. The minimum Gasteiger partial charge on any atom is -0.507 e. The van der Waals surface area contributed by atoms with Crippen molar-refractivity contribution < 1.29 is 13.9 Å². The molecule has 0 aliphatic heterocycles. The van der Waals surface area contributed by atoms with E-state index in [9.17, 15) is 13.9 Å². The second-order valence-electron chi connectivity index (χ2n) is 4.54. The van der Waals surface area contributed by atoms with Crippen molar-refractivity contribution in [3.8, 4) is 5.75 Å². The van der Waals surface area contributed by atoms with Crippen LogP contribution in [0.4, 0.5) is 8.78 Å². The monoisotopic (exact) mass is 248 g/mol. The first kappa shape index (κ1) is 12.6. The van der Waals surface area contributed by atoms with Gasteiger partial charge in [0.05, 0.1) is 0 Å². The molecule has 0 saturated carbocycles. The van der Waals surface area contributed by atoms with Crippen LogP contribution in [0.2, 0.25) is 0 Å². The molecule has 0 aromatic heterocycles. The van der Waals surface area contributed by atoms with Crippen LogP contribution >= 0.6 is 0 Å². The van der Waals surface area contributed by atoms with Gasteiger partial charge in [0.25, 0.3) is 0 Å². The third-order valence-corrected chi connectivity index (χ3v) is 2.84. The van der Waals surface area contributed by atoms with Crippen molar-refractivity contribution in [1.82, 2.24) is 0 Å². The van der Waals surface area contributed by atoms with E-state index in [0.29, 0.717) is 17.5 Å². The average Bonchev–Trinajstić information content (AvgIpc) is 2.23. The Morgan fingerprint density at radius 3 is 2.17 bits per heavy atom. The highest BCUT2D eigenvalue weighted by Gasteiger charge is 2.08. The number of aromatic hydroxyl groups is 1. The Bertz CT molecular complexity index is 571. The number of halogens is 2. The predicted octanol–water partition coefficient (Wildman–Crippen LogP) is 3.88. The third-order valence-electron chi connectivity index (χ3n) is 2.84. The van der Waals surface area contributed by atoms with Gasteiger partial charge in [-0.25, -0.2) is 8.78 Å². The largest absolute Gasteiger partial charge is 0.507 e. The maximum atomic E-state index is 13.1. The maximum Gasteiger partial charge on any atom is 0.126 e. The second-order valence-corrected chi connectivity index (χ2v) is 4.54. The van der Waals surface area contributed by atoms with Crippen molar-refractivity contribution in [1.29, 1.82) is 0 Å². The highest BCUT2D eigenvalue weighted by Crippen LogP contribution is 2.26. The van der Waals surface area contributed by atoms with Crippen molar-refractivity contribution in [2.75, 3.05) is 0 Å². The first-order valence-electron chi connectivity index (χ1n) is 5.70. The lowest BCUT2D eigenvalue weighted by atomic mass is 9.99. The van der Waals surface area contributed by atoms with E-state index >= 15 is 0 Å². The van der Waals surface area contributed by atoms with E-state index in [0.717, 1.165) is 17.2 Å². The average molecular weight is 248 g/mol. The van der Waals surface area contributed by atoms with Gasteiger partial charge in [0.2, 0.25) is 0 Å². The molecule has 0 unspecified atom stereocenters. The van der Waals surface area contributed by atoms with Gasteiger partial charge in [0.15, 0.2) is 0 Å². The summed E-state index contributed by atoms with van der Waals surface area (Å²) in [5.74, 6) is -1.02. The number of phenolic OH excluding ortho intramolecular Hbond substituents is 1. The van der Waals surface area contributed by atoms with Gasteiger partial charge >= 0.3 is 0 Å². The number of rotatable bonds is 2. The standard InChI is InChI=1S/C15H14F2O/c1-9-3-10(2)15(18)12(4-9)5-11-6-13(16)8-14(17)7-11/h3-4,6-8,18H,5H2,1-2H3. The summed E-state index contributed by atoms with van der Waals surface area (Å²) in [7, 11) is 0. The van der Waals surface area contributed by atoms with Gasteiger partial charge in [-0.3, -0.25) is 0 Å². The first-order chi connectivity index (χ1) is 8.45. The van der Waals surface area contributed by atoms with E-state index in [1.807, 2.05) is 19.1 Å². The summed E-state index contributed by atoms with van der Waals surface area (Å²) in [4.78, 5) is 0. The Morgan fingerprint density at radius 2 is 1.56 bits per heavy atom. The van der Waals surface area contributed by atoms with Crippen LogP contribution in [0.3, 0.4) is 0 Å². The molecule has 94 valence electrons. The van der Waals surface area contributed by atoms with Gasteiger partial charge in [-0.05, 0) is 42.7 Å². The molecule has 0 radical (unpaired) electrons. The number of phenols is 1. The summed E-state index contributed by atoms with van der Waals surface area (Å²) in [6.45, 7) is 3.72. The van der Waals surface area contributed by atoms with Crippen molar-refractivity contribution in [2.24, 2.45) is 0 Å². The summed E-state index contributed by atoms with van der Waals surface area (Å²) in [6, 6.07) is 7.08. The molecule has 0 saturated heterocycles. The Morgan fingerprint density at radius 1 is 0.944 bits per heavy atom. The van der Waals surface area contributed by atoms with Crippen LogP contribution in [0.1, 0.15) is 22.3 Å². The quantitative estimate of drug-likeness (QED) is 0.855. The molecule has 1 nitrogen and oxygen atoms in total. The fraction of sp³-hybridized carbons (Fsp3) is 0.200. The van der Waals surface area contributed by atoms with E-state index in [1.54, 1.807) is 6.92 Å². The summed E-state index contributed by atoms with van der Waals surface area (Å²) in [5, 5.41) is 9.93. The van der Waals surface area contributed by atoms with Crippen LogP contribution in [0.15, 0.2) is 30.3 Å². The van der Waals surface area contributed by atoms with Crippen molar-refractivity contribution >= 4 is 0 Å². The molecule has 0 spiro atoms. The lowest BCUT2D eigenvalue weighted by molar-refractivity contribution is 0.465. The van der Waals surface area contributed by atoms with Crippen molar-refractivity contribution in [3.63, 3.8) is 0 Å². The van der Waals surface area contributed by atoms with Crippen molar-refractivity contribution in [2.45, 2.75) is 20.3 Å². The zero-order valence-electron chi connectivity index (χ0n) is 10.3. The molecule has 0 amide bonds. The van der Waals surface area contributed by atoms with Gasteiger partial charge in [-0.2, -0.15) is 0 Å². The molecule has 18 heavy (non-hydrogen) atoms. The Labute approximate surface area is 105 Å². The molecule has 2 aromatic carbocycles.